The lowest BCUT2D eigenvalue weighted by atomic mass is 10.1. The van der Waals surface area contributed by atoms with Crippen LogP contribution in [0, 0.1) is 0 Å². The molecule has 13 heavy (non-hydrogen) atoms. The molecule has 72 valence electrons. The molecular weight excluding hydrogens is 178 g/mol. The Labute approximate surface area is 74.8 Å². The average Bonchev–Trinajstić information content (AvgIpc) is 2.03. The van der Waals surface area contributed by atoms with E-state index in [0.717, 1.165) is 0 Å². The quantitative estimate of drug-likeness (QED) is 0.788. The number of ether oxygens (including phenoxy) is 1. The van der Waals surface area contributed by atoms with Crippen LogP contribution in [0.2, 0.25) is 0 Å². The standard InChI is InChI=1S/C9H10F2O2/c1-6(12)7-4-2-3-5-8(7)13-9(10)11/h2-6,9,12H,1H3. The van der Waals surface area contributed by atoms with Crippen molar-refractivity contribution in [3.05, 3.63) is 29.8 Å². The van der Waals surface area contributed by atoms with Crippen LogP contribution in [0.25, 0.3) is 0 Å². The Morgan fingerprint density at radius 2 is 1.92 bits per heavy atom. The van der Waals surface area contributed by atoms with E-state index >= 15 is 0 Å². The Morgan fingerprint density at radius 1 is 1.31 bits per heavy atom. The molecule has 1 unspecified atom stereocenters. The summed E-state index contributed by atoms with van der Waals surface area (Å²) in [4.78, 5) is 0. The van der Waals surface area contributed by atoms with E-state index in [1.54, 1.807) is 18.2 Å². The fourth-order valence-corrected chi connectivity index (χ4v) is 1.03. The van der Waals surface area contributed by atoms with Gasteiger partial charge in [-0.1, -0.05) is 18.2 Å². The van der Waals surface area contributed by atoms with Crippen molar-refractivity contribution in [1.82, 2.24) is 0 Å². The number of hydrogen-bond acceptors (Lipinski definition) is 2. The number of hydrogen-bond donors (Lipinski definition) is 1. The molecule has 0 aliphatic heterocycles. The third-order valence-corrected chi connectivity index (χ3v) is 1.59. The van der Waals surface area contributed by atoms with Gasteiger partial charge in [-0.05, 0) is 13.0 Å². The number of aliphatic hydroxyl groups excluding tert-OH is 1. The van der Waals surface area contributed by atoms with Crippen LogP contribution in [0.4, 0.5) is 8.78 Å². The highest BCUT2D eigenvalue weighted by atomic mass is 19.3. The van der Waals surface area contributed by atoms with E-state index in [2.05, 4.69) is 4.74 Å². The molecular formula is C9H10F2O2. The van der Waals surface area contributed by atoms with Crippen molar-refractivity contribution >= 4 is 0 Å². The van der Waals surface area contributed by atoms with Crippen molar-refractivity contribution in [2.75, 3.05) is 0 Å². The summed E-state index contributed by atoms with van der Waals surface area (Å²) in [5, 5.41) is 9.19. The summed E-state index contributed by atoms with van der Waals surface area (Å²) < 4.78 is 27.9. The van der Waals surface area contributed by atoms with Crippen LogP contribution in [-0.2, 0) is 0 Å². The lowest BCUT2D eigenvalue weighted by molar-refractivity contribution is -0.0514. The summed E-state index contributed by atoms with van der Waals surface area (Å²) >= 11 is 0. The molecule has 0 bridgehead atoms. The minimum Gasteiger partial charge on any atom is -0.434 e. The number of para-hydroxylation sites is 1. The first-order chi connectivity index (χ1) is 6.11. The maximum absolute atomic E-state index is 11.9. The van der Waals surface area contributed by atoms with Crippen molar-refractivity contribution in [2.45, 2.75) is 19.6 Å². The fraction of sp³-hybridized carbons (Fsp3) is 0.333. The van der Waals surface area contributed by atoms with Crippen LogP contribution >= 0.6 is 0 Å². The first-order valence-corrected chi connectivity index (χ1v) is 3.83. The zero-order chi connectivity index (χ0) is 9.84. The fourth-order valence-electron chi connectivity index (χ4n) is 1.03. The van der Waals surface area contributed by atoms with Crippen molar-refractivity contribution < 1.29 is 18.6 Å². The number of benzene rings is 1. The van der Waals surface area contributed by atoms with Crippen LogP contribution in [0.1, 0.15) is 18.6 Å². The molecule has 0 saturated heterocycles. The molecule has 4 heteroatoms. The first kappa shape index (κ1) is 9.92. The lowest BCUT2D eigenvalue weighted by Crippen LogP contribution is -2.05. The third kappa shape index (κ3) is 2.66. The van der Waals surface area contributed by atoms with Gasteiger partial charge in [0.25, 0.3) is 0 Å². The molecule has 0 aliphatic carbocycles. The van der Waals surface area contributed by atoms with Gasteiger partial charge in [0.15, 0.2) is 0 Å². The van der Waals surface area contributed by atoms with E-state index < -0.39 is 12.7 Å². The van der Waals surface area contributed by atoms with E-state index in [0.29, 0.717) is 5.56 Å². The molecule has 0 fully saturated rings. The van der Waals surface area contributed by atoms with Gasteiger partial charge in [-0.15, -0.1) is 0 Å². The Bertz CT molecular complexity index is 274. The number of aliphatic hydroxyl groups is 1. The number of halogens is 2. The lowest BCUT2D eigenvalue weighted by Gasteiger charge is -2.11. The van der Waals surface area contributed by atoms with E-state index in [9.17, 15) is 13.9 Å². The molecule has 0 radical (unpaired) electrons. The molecule has 1 atom stereocenters. The molecule has 2 nitrogen and oxygen atoms in total. The predicted molar refractivity (Wildman–Crippen MR) is 43.7 cm³/mol. The van der Waals surface area contributed by atoms with Gasteiger partial charge in [-0.2, -0.15) is 8.78 Å². The monoisotopic (exact) mass is 188 g/mol. The summed E-state index contributed by atoms with van der Waals surface area (Å²) in [6.45, 7) is -1.37. The maximum atomic E-state index is 11.9. The summed E-state index contributed by atoms with van der Waals surface area (Å²) in [5.74, 6) is 0.0208. The summed E-state index contributed by atoms with van der Waals surface area (Å²) in [6.07, 6.45) is -0.810. The summed E-state index contributed by atoms with van der Waals surface area (Å²) in [5.41, 5.74) is 0.364. The largest absolute Gasteiger partial charge is 0.434 e. The van der Waals surface area contributed by atoms with E-state index in [-0.39, 0.29) is 5.75 Å². The Balaban J connectivity index is 2.91. The predicted octanol–water partition coefficient (Wildman–Crippen LogP) is 2.34. The second-order valence-electron chi connectivity index (χ2n) is 2.59. The Hall–Kier alpha value is -1.16. The van der Waals surface area contributed by atoms with Crippen LogP contribution < -0.4 is 4.74 Å². The van der Waals surface area contributed by atoms with Gasteiger partial charge >= 0.3 is 6.61 Å². The molecule has 0 heterocycles. The number of alkyl halides is 2. The zero-order valence-corrected chi connectivity index (χ0v) is 7.08. The molecule has 0 spiro atoms. The number of rotatable bonds is 3. The SMILES string of the molecule is CC(O)c1ccccc1OC(F)F. The van der Waals surface area contributed by atoms with Gasteiger partial charge in [-0.3, -0.25) is 0 Å². The normalized spacial score (nSPS) is 13.0. The highest BCUT2D eigenvalue weighted by molar-refractivity contribution is 5.34. The third-order valence-electron chi connectivity index (χ3n) is 1.59. The van der Waals surface area contributed by atoms with Gasteiger partial charge < -0.3 is 9.84 Å². The minimum absolute atomic E-state index is 0.0208. The minimum atomic E-state index is -2.86. The molecule has 0 amide bonds. The van der Waals surface area contributed by atoms with Gasteiger partial charge in [0, 0.05) is 5.56 Å². The van der Waals surface area contributed by atoms with Crippen LogP contribution in [-0.4, -0.2) is 11.7 Å². The van der Waals surface area contributed by atoms with Crippen LogP contribution in [0.3, 0.4) is 0 Å². The Morgan fingerprint density at radius 3 is 2.46 bits per heavy atom. The second kappa shape index (κ2) is 4.18. The van der Waals surface area contributed by atoms with Crippen molar-refractivity contribution in [3.8, 4) is 5.75 Å². The summed E-state index contributed by atoms with van der Waals surface area (Å²) in [6, 6.07) is 6.17. The van der Waals surface area contributed by atoms with Crippen LogP contribution in [0.5, 0.6) is 5.75 Å². The smallest absolute Gasteiger partial charge is 0.387 e. The van der Waals surface area contributed by atoms with E-state index in [4.69, 9.17) is 0 Å². The molecule has 1 rings (SSSR count). The zero-order valence-electron chi connectivity index (χ0n) is 7.08. The molecule has 0 aromatic heterocycles. The highest BCUT2D eigenvalue weighted by Gasteiger charge is 2.11. The average molecular weight is 188 g/mol. The Kier molecular flexibility index (Phi) is 3.19. The van der Waals surface area contributed by atoms with Crippen molar-refractivity contribution in [2.24, 2.45) is 0 Å². The molecule has 1 aromatic carbocycles. The van der Waals surface area contributed by atoms with Crippen molar-refractivity contribution in [1.29, 1.82) is 0 Å². The highest BCUT2D eigenvalue weighted by Crippen LogP contribution is 2.25. The van der Waals surface area contributed by atoms with Gasteiger partial charge in [0.05, 0.1) is 6.10 Å². The topological polar surface area (TPSA) is 29.5 Å². The van der Waals surface area contributed by atoms with Gasteiger partial charge in [0.2, 0.25) is 0 Å². The molecule has 0 saturated carbocycles. The first-order valence-electron chi connectivity index (χ1n) is 3.83. The van der Waals surface area contributed by atoms with Gasteiger partial charge in [-0.25, -0.2) is 0 Å². The summed E-state index contributed by atoms with van der Waals surface area (Å²) in [7, 11) is 0. The van der Waals surface area contributed by atoms with Gasteiger partial charge in [0.1, 0.15) is 5.75 Å². The van der Waals surface area contributed by atoms with E-state index in [1.165, 1.54) is 13.0 Å². The molecule has 1 aromatic rings. The molecule has 0 aliphatic rings. The molecule has 1 N–H and O–H groups in total. The van der Waals surface area contributed by atoms with Crippen molar-refractivity contribution in [3.63, 3.8) is 0 Å². The second-order valence-corrected chi connectivity index (χ2v) is 2.59. The maximum Gasteiger partial charge on any atom is 0.387 e. The van der Waals surface area contributed by atoms with Crippen LogP contribution in [0.15, 0.2) is 24.3 Å². The van der Waals surface area contributed by atoms with E-state index in [1.807, 2.05) is 0 Å².